The Morgan fingerprint density at radius 1 is 1.35 bits per heavy atom. The summed E-state index contributed by atoms with van der Waals surface area (Å²) in [5.74, 6) is 0.177. The third-order valence-electron chi connectivity index (χ3n) is 4.27. The van der Waals surface area contributed by atoms with Crippen molar-refractivity contribution in [2.75, 3.05) is 20.2 Å². The van der Waals surface area contributed by atoms with Crippen LogP contribution < -0.4 is 4.74 Å². The Kier molecular flexibility index (Phi) is 6.28. The molecule has 0 saturated carbocycles. The molecule has 1 amide bonds. The van der Waals surface area contributed by atoms with Gasteiger partial charge in [0, 0.05) is 25.9 Å². The highest BCUT2D eigenvalue weighted by Gasteiger charge is 2.24. The number of carboxylic acid groups (broad SMARTS) is 1. The lowest BCUT2D eigenvalue weighted by Crippen LogP contribution is -2.39. The van der Waals surface area contributed by atoms with Gasteiger partial charge in [0.15, 0.2) is 0 Å². The van der Waals surface area contributed by atoms with Crippen LogP contribution in [0.3, 0.4) is 0 Å². The molecule has 23 heavy (non-hydrogen) atoms. The Morgan fingerprint density at radius 2 is 2.04 bits per heavy atom. The average molecular weight is 340 g/mol. The van der Waals surface area contributed by atoms with Gasteiger partial charge in [-0.25, -0.2) is 0 Å². The summed E-state index contributed by atoms with van der Waals surface area (Å²) in [4.78, 5) is 24.8. The van der Waals surface area contributed by atoms with Gasteiger partial charge in [-0.15, -0.1) is 0 Å². The van der Waals surface area contributed by atoms with Crippen molar-refractivity contribution in [3.05, 3.63) is 28.8 Å². The van der Waals surface area contributed by atoms with Crippen LogP contribution in [0.1, 0.15) is 31.2 Å². The standard InChI is InChI=1S/C17H22ClNO4/c1-23-15-4-2-12(10-14(15)18)3-5-16(20)19-8-6-13(7-9-19)11-17(21)22/h2,4,10,13H,3,5-9,11H2,1H3,(H,21,22). The number of likely N-dealkylation sites (tertiary alicyclic amines) is 1. The Balaban J connectivity index is 1.79. The number of aryl methyl sites for hydroxylation is 1. The number of hydrogen-bond donors (Lipinski definition) is 1. The molecule has 1 fully saturated rings. The zero-order valence-electron chi connectivity index (χ0n) is 13.3. The van der Waals surface area contributed by atoms with Crippen molar-refractivity contribution < 1.29 is 19.4 Å². The van der Waals surface area contributed by atoms with Gasteiger partial charge in [-0.2, -0.15) is 0 Å². The Bertz CT molecular complexity index is 568. The van der Waals surface area contributed by atoms with Crippen LogP contribution in [0.25, 0.3) is 0 Å². The van der Waals surface area contributed by atoms with Crippen LogP contribution in [0, 0.1) is 5.92 Å². The molecule has 6 heteroatoms. The predicted octanol–water partition coefficient (Wildman–Crippen LogP) is 2.99. The number of piperidine rings is 1. The first-order valence-electron chi connectivity index (χ1n) is 7.81. The largest absolute Gasteiger partial charge is 0.495 e. The number of rotatable bonds is 6. The van der Waals surface area contributed by atoms with E-state index in [1.807, 2.05) is 17.0 Å². The molecule has 1 saturated heterocycles. The molecule has 1 aliphatic rings. The SMILES string of the molecule is COc1ccc(CCC(=O)N2CCC(CC(=O)O)CC2)cc1Cl. The summed E-state index contributed by atoms with van der Waals surface area (Å²) in [6.07, 6.45) is 2.81. The van der Waals surface area contributed by atoms with E-state index in [2.05, 4.69) is 0 Å². The van der Waals surface area contributed by atoms with E-state index in [9.17, 15) is 9.59 Å². The van der Waals surface area contributed by atoms with E-state index in [-0.39, 0.29) is 18.2 Å². The zero-order chi connectivity index (χ0) is 16.8. The van der Waals surface area contributed by atoms with E-state index in [1.165, 1.54) is 0 Å². The second-order valence-electron chi connectivity index (χ2n) is 5.89. The molecule has 1 aliphatic heterocycles. The van der Waals surface area contributed by atoms with Crippen LogP contribution in [-0.2, 0) is 16.0 Å². The van der Waals surface area contributed by atoms with Gasteiger partial charge in [-0.05, 0) is 42.9 Å². The Labute approximate surface area is 141 Å². The number of carboxylic acids is 1. The monoisotopic (exact) mass is 339 g/mol. The summed E-state index contributed by atoms with van der Waals surface area (Å²) in [6, 6.07) is 5.55. The molecule has 0 unspecified atom stereocenters. The number of amides is 1. The molecule has 0 aromatic heterocycles. The van der Waals surface area contributed by atoms with Crippen LogP contribution in [0.5, 0.6) is 5.75 Å². The second-order valence-corrected chi connectivity index (χ2v) is 6.30. The van der Waals surface area contributed by atoms with Gasteiger partial charge in [0.1, 0.15) is 5.75 Å². The van der Waals surface area contributed by atoms with E-state index in [0.717, 1.165) is 18.4 Å². The van der Waals surface area contributed by atoms with Crippen molar-refractivity contribution in [2.24, 2.45) is 5.92 Å². The van der Waals surface area contributed by atoms with Gasteiger partial charge < -0.3 is 14.7 Å². The Hall–Kier alpha value is -1.75. The first kappa shape index (κ1) is 17.6. The third-order valence-corrected chi connectivity index (χ3v) is 4.57. The highest BCUT2D eigenvalue weighted by molar-refractivity contribution is 6.32. The number of benzene rings is 1. The van der Waals surface area contributed by atoms with Crippen LogP contribution in [-0.4, -0.2) is 42.1 Å². The van der Waals surface area contributed by atoms with Crippen LogP contribution in [0.2, 0.25) is 5.02 Å². The molecule has 1 aromatic carbocycles. The second kappa shape index (κ2) is 8.20. The topological polar surface area (TPSA) is 66.8 Å². The first-order valence-corrected chi connectivity index (χ1v) is 8.19. The van der Waals surface area contributed by atoms with Crippen LogP contribution in [0.4, 0.5) is 0 Å². The van der Waals surface area contributed by atoms with Gasteiger partial charge in [-0.1, -0.05) is 17.7 Å². The molecule has 0 bridgehead atoms. The summed E-state index contributed by atoms with van der Waals surface area (Å²) < 4.78 is 5.11. The van der Waals surface area contributed by atoms with Gasteiger partial charge in [-0.3, -0.25) is 9.59 Å². The zero-order valence-corrected chi connectivity index (χ0v) is 14.0. The highest BCUT2D eigenvalue weighted by Crippen LogP contribution is 2.26. The van der Waals surface area contributed by atoms with Gasteiger partial charge >= 0.3 is 5.97 Å². The fourth-order valence-electron chi connectivity index (χ4n) is 2.91. The number of carbonyl (C=O) groups is 2. The van der Waals surface area contributed by atoms with E-state index < -0.39 is 5.97 Å². The summed E-state index contributed by atoms with van der Waals surface area (Å²) >= 11 is 6.08. The molecule has 1 heterocycles. The molecule has 0 aliphatic carbocycles. The number of nitrogens with zero attached hydrogens (tertiary/aromatic N) is 1. The molecule has 0 atom stereocenters. The van der Waals surface area contributed by atoms with E-state index >= 15 is 0 Å². The van der Waals surface area contributed by atoms with Crippen molar-refractivity contribution in [1.82, 2.24) is 4.90 Å². The lowest BCUT2D eigenvalue weighted by molar-refractivity contribution is -0.138. The lowest BCUT2D eigenvalue weighted by atomic mass is 9.93. The van der Waals surface area contributed by atoms with Crippen molar-refractivity contribution in [2.45, 2.75) is 32.1 Å². The van der Waals surface area contributed by atoms with E-state index in [1.54, 1.807) is 13.2 Å². The number of hydrogen-bond acceptors (Lipinski definition) is 3. The highest BCUT2D eigenvalue weighted by atomic mass is 35.5. The minimum Gasteiger partial charge on any atom is -0.495 e. The maximum atomic E-state index is 12.3. The molecular formula is C17H22ClNO4. The normalized spacial score (nSPS) is 15.5. The molecule has 0 radical (unpaired) electrons. The van der Waals surface area contributed by atoms with Crippen molar-refractivity contribution in [3.8, 4) is 5.75 Å². The minimum atomic E-state index is -0.758. The quantitative estimate of drug-likeness (QED) is 0.865. The molecule has 126 valence electrons. The molecule has 2 rings (SSSR count). The van der Waals surface area contributed by atoms with Gasteiger partial charge in [0.2, 0.25) is 5.91 Å². The molecule has 1 aromatic rings. The molecule has 0 spiro atoms. The number of methoxy groups -OCH3 is 1. The van der Waals surface area contributed by atoms with Crippen molar-refractivity contribution in [3.63, 3.8) is 0 Å². The number of halogens is 1. The van der Waals surface area contributed by atoms with Gasteiger partial charge in [0.05, 0.1) is 12.1 Å². The average Bonchev–Trinajstić information content (AvgIpc) is 2.53. The maximum Gasteiger partial charge on any atom is 0.303 e. The smallest absolute Gasteiger partial charge is 0.303 e. The third kappa shape index (κ3) is 5.13. The van der Waals surface area contributed by atoms with Crippen molar-refractivity contribution >= 4 is 23.5 Å². The maximum absolute atomic E-state index is 12.3. The number of aliphatic carboxylic acids is 1. The number of ether oxygens (including phenoxy) is 1. The summed E-state index contributed by atoms with van der Waals surface area (Å²) in [5, 5.41) is 9.36. The van der Waals surface area contributed by atoms with E-state index in [0.29, 0.717) is 36.7 Å². The lowest BCUT2D eigenvalue weighted by Gasteiger charge is -2.31. The fraction of sp³-hybridized carbons (Fsp3) is 0.529. The van der Waals surface area contributed by atoms with Crippen LogP contribution >= 0.6 is 11.6 Å². The van der Waals surface area contributed by atoms with E-state index in [4.69, 9.17) is 21.4 Å². The first-order chi connectivity index (χ1) is 11.0. The molecule has 1 N–H and O–H groups in total. The van der Waals surface area contributed by atoms with Crippen LogP contribution in [0.15, 0.2) is 18.2 Å². The van der Waals surface area contributed by atoms with Gasteiger partial charge in [0.25, 0.3) is 0 Å². The summed E-state index contributed by atoms with van der Waals surface area (Å²) in [7, 11) is 1.57. The minimum absolute atomic E-state index is 0.116. The molecule has 5 nitrogen and oxygen atoms in total. The Morgan fingerprint density at radius 3 is 2.61 bits per heavy atom. The van der Waals surface area contributed by atoms with Crippen molar-refractivity contribution in [1.29, 1.82) is 0 Å². The predicted molar refractivity (Wildman–Crippen MR) is 87.9 cm³/mol. The fourth-order valence-corrected chi connectivity index (χ4v) is 3.19. The summed E-state index contributed by atoms with van der Waals surface area (Å²) in [6.45, 7) is 1.31. The number of carbonyl (C=O) groups excluding carboxylic acids is 1. The molecular weight excluding hydrogens is 318 g/mol. The summed E-state index contributed by atoms with van der Waals surface area (Å²) in [5.41, 5.74) is 1.00.